The predicted molar refractivity (Wildman–Crippen MR) is 90.0 cm³/mol. The van der Waals surface area contributed by atoms with Crippen LogP contribution < -0.4 is 4.90 Å². The van der Waals surface area contributed by atoms with Gasteiger partial charge in [0.25, 0.3) is 0 Å². The molecule has 1 aliphatic heterocycles. The van der Waals surface area contributed by atoms with Crippen LogP contribution in [0, 0.1) is 0 Å². The Labute approximate surface area is 136 Å². The Hall–Kier alpha value is -1.49. The van der Waals surface area contributed by atoms with E-state index in [-0.39, 0.29) is 0 Å². The van der Waals surface area contributed by atoms with Crippen LogP contribution in [0.1, 0.15) is 4.88 Å². The van der Waals surface area contributed by atoms with Crippen LogP contribution in [0.25, 0.3) is 0 Å². The summed E-state index contributed by atoms with van der Waals surface area (Å²) in [6, 6.07) is 17.0. The van der Waals surface area contributed by atoms with Gasteiger partial charge in [-0.15, -0.1) is 11.3 Å². The second-order valence-corrected chi connectivity index (χ2v) is 7.48. The van der Waals surface area contributed by atoms with Crippen molar-refractivity contribution in [2.75, 3.05) is 4.90 Å². The molecule has 0 spiro atoms. The average Bonchev–Trinajstić information content (AvgIpc) is 2.92. The smallest absolute Gasteiger partial charge is 0.183 e. The molecule has 0 radical (unpaired) electrons. The number of hydrogen-bond donors (Lipinski definition) is 0. The molecule has 3 aromatic rings. The predicted octanol–water partition coefficient (Wildman–Crippen LogP) is 5.60. The maximum absolute atomic E-state index is 5.96. The quantitative estimate of drug-likeness (QED) is 0.608. The van der Waals surface area contributed by atoms with Crippen LogP contribution in [0.15, 0.2) is 64.5 Å². The second-order valence-electron chi connectivity index (χ2n) is 4.70. The third kappa shape index (κ3) is 2.44. The summed E-state index contributed by atoms with van der Waals surface area (Å²) in [4.78, 5) is 10.2. The first kappa shape index (κ1) is 13.2. The molecule has 0 saturated heterocycles. The van der Waals surface area contributed by atoms with Gasteiger partial charge in [0.15, 0.2) is 4.47 Å². The molecule has 4 rings (SSSR count). The fourth-order valence-corrected chi connectivity index (χ4v) is 4.53. The highest BCUT2D eigenvalue weighted by Crippen LogP contribution is 2.48. The van der Waals surface area contributed by atoms with E-state index in [4.69, 9.17) is 11.6 Å². The molecule has 0 fully saturated rings. The van der Waals surface area contributed by atoms with E-state index in [1.807, 2.05) is 18.0 Å². The number of benzene rings is 2. The van der Waals surface area contributed by atoms with Crippen molar-refractivity contribution in [2.45, 2.75) is 16.3 Å². The molecule has 2 heterocycles. The van der Waals surface area contributed by atoms with Crippen molar-refractivity contribution in [1.29, 1.82) is 0 Å². The monoisotopic (exact) mass is 330 g/mol. The molecule has 0 saturated carbocycles. The lowest BCUT2D eigenvalue weighted by molar-refractivity contribution is 0.951. The molecule has 0 N–H and O–H groups in total. The van der Waals surface area contributed by atoms with E-state index in [1.165, 1.54) is 32.5 Å². The molecule has 5 heteroatoms. The lowest BCUT2D eigenvalue weighted by atomic mass is 10.2. The van der Waals surface area contributed by atoms with E-state index >= 15 is 0 Å². The molecule has 104 valence electrons. The van der Waals surface area contributed by atoms with Gasteiger partial charge in [-0.3, -0.25) is 0 Å². The maximum atomic E-state index is 5.96. The number of para-hydroxylation sites is 2. The molecule has 2 nitrogen and oxygen atoms in total. The van der Waals surface area contributed by atoms with Gasteiger partial charge in [0.05, 0.1) is 17.9 Å². The van der Waals surface area contributed by atoms with Gasteiger partial charge in [-0.05, 0) is 24.3 Å². The molecule has 0 atom stereocenters. The Kier molecular flexibility index (Phi) is 3.37. The van der Waals surface area contributed by atoms with E-state index in [2.05, 4.69) is 58.4 Å². The van der Waals surface area contributed by atoms with Gasteiger partial charge in [-0.25, -0.2) is 4.98 Å². The Bertz CT molecular complexity index is 755. The zero-order valence-electron chi connectivity index (χ0n) is 11.0. The summed E-state index contributed by atoms with van der Waals surface area (Å²) in [6.45, 7) is 0.791. The first-order valence-corrected chi connectivity index (χ1v) is 8.56. The number of nitrogens with zero attached hydrogens (tertiary/aromatic N) is 2. The number of fused-ring (bicyclic) bond motifs is 2. The van der Waals surface area contributed by atoms with E-state index in [0.717, 1.165) is 11.4 Å². The van der Waals surface area contributed by atoms with Crippen LogP contribution in [-0.2, 0) is 6.54 Å². The molecule has 1 aliphatic rings. The Morgan fingerprint density at radius 2 is 1.57 bits per heavy atom. The molecule has 1 aromatic heterocycles. The second kappa shape index (κ2) is 5.37. The van der Waals surface area contributed by atoms with E-state index < -0.39 is 0 Å². The van der Waals surface area contributed by atoms with Crippen LogP contribution in [0.3, 0.4) is 0 Å². The summed E-state index contributed by atoms with van der Waals surface area (Å²) in [6.07, 6.45) is 1.86. The minimum absolute atomic E-state index is 0.595. The van der Waals surface area contributed by atoms with Crippen molar-refractivity contribution in [3.63, 3.8) is 0 Å². The third-order valence-corrected chi connectivity index (χ3v) is 5.60. The number of anilines is 2. The number of aromatic nitrogens is 1. The number of thiazole rings is 1. The first-order chi connectivity index (χ1) is 10.3. The molecular weight excluding hydrogens is 320 g/mol. The van der Waals surface area contributed by atoms with Crippen LogP contribution in [0.2, 0.25) is 4.47 Å². The number of halogens is 1. The molecule has 2 aromatic carbocycles. The largest absolute Gasteiger partial charge is 0.334 e. The van der Waals surface area contributed by atoms with Crippen molar-refractivity contribution in [1.82, 2.24) is 4.98 Å². The van der Waals surface area contributed by atoms with Crippen LogP contribution in [0.5, 0.6) is 0 Å². The average molecular weight is 331 g/mol. The summed E-state index contributed by atoms with van der Waals surface area (Å²) in [7, 11) is 0. The Balaban J connectivity index is 1.81. The Morgan fingerprint density at radius 1 is 0.952 bits per heavy atom. The van der Waals surface area contributed by atoms with Gasteiger partial charge in [-0.1, -0.05) is 47.6 Å². The van der Waals surface area contributed by atoms with Crippen LogP contribution in [-0.4, -0.2) is 4.98 Å². The summed E-state index contributed by atoms with van der Waals surface area (Å²) in [5.74, 6) is 0. The molecule has 0 aliphatic carbocycles. The summed E-state index contributed by atoms with van der Waals surface area (Å²) in [5, 5.41) is 0. The summed E-state index contributed by atoms with van der Waals surface area (Å²) >= 11 is 9.32. The molecule has 0 bridgehead atoms. The highest BCUT2D eigenvalue weighted by Gasteiger charge is 2.23. The molecule has 21 heavy (non-hydrogen) atoms. The highest BCUT2D eigenvalue weighted by molar-refractivity contribution is 7.99. The molecular formula is C16H11ClN2S2. The van der Waals surface area contributed by atoms with Crippen LogP contribution in [0.4, 0.5) is 11.4 Å². The van der Waals surface area contributed by atoms with Gasteiger partial charge < -0.3 is 4.90 Å². The SMILES string of the molecule is Clc1ncc(CN2c3ccccc3Sc3ccccc32)s1. The number of rotatable bonds is 2. The highest BCUT2D eigenvalue weighted by atomic mass is 35.5. The summed E-state index contributed by atoms with van der Waals surface area (Å²) < 4.78 is 0.595. The molecule has 0 unspecified atom stereocenters. The normalized spacial score (nSPS) is 12.9. The van der Waals surface area contributed by atoms with Gasteiger partial charge in [0.2, 0.25) is 0 Å². The van der Waals surface area contributed by atoms with Gasteiger partial charge in [0.1, 0.15) is 0 Å². The maximum Gasteiger partial charge on any atom is 0.183 e. The van der Waals surface area contributed by atoms with Crippen LogP contribution >= 0.6 is 34.7 Å². The van der Waals surface area contributed by atoms with Gasteiger partial charge in [-0.2, -0.15) is 0 Å². The topological polar surface area (TPSA) is 16.1 Å². The lowest BCUT2D eigenvalue weighted by Crippen LogP contribution is -2.19. The Morgan fingerprint density at radius 3 is 2.14 bits per heavy atom. The van der Waals surface area contributed by atoms with Crippen molar-refractivity contribution >= 4 is 46.1 Å². The summed E-state index contributed by atoms with van der Waals surface area (Å²) in [5.41, 5.74) is 2.48. The number of hydrogen-bond acceptors (Lipinski definition) is 4. The van der Waals surface area contributed by atoms with Crippen molar-refractivity contribution in [3.05, 3.63) is 64.1 Å². The molecule has 0 amide bonds. The third-order valence-electron chi connectivity index (χ3n) is 3.37. The van der Waals surface area contributed by atoms with E-state index in [1.54, 1.807) is 0 Å². The van der Waals surface area contributed by atoms with Crippen molar-refractivity contribution < 1.29 is 0 Å². The fraction of sp³-hybridized carbons (Fsp3) is 0.0625. The minimum Gasteiger partial charge on any atom is -0.334 e. The van der Waals surface area contributed by atoms with Crippen molar-refractivity contribution in [2.24, 2.45) is 0 Å². The van der Waals surface area contributed by atoms with E-state index in [0.29, 0.717) is 4.47 Å². The first-order valence-electron chi connectivity index (χ1n) is 6.55. The van der Waals surface area contributed by atoms with Crippen molar-refractivity contribution in [3.8, 4) is 0 Å². The fourth-order valence-electron chi connectivity index (χ4n) is 2.46. The van der Waals surface area contributed by atoms with Gasteiger partial charge >= 0.3 is 0 Å². The zero-order valence-corrected chi connectivity index (χ0v) is 13.4. The van der Waals surface area contributed by atoms with E-state index in [9.17, 15) is 0 Å². The van der Waals surface area contributed by atoms with Gasteiger partial charge in [0, 0.05) is 20.9 Å². The lowest BCUT2D eigenvalue weighted by Gasteiger charge is -2.32. The standard InChI is InChI=1S/C16H11ClN2S2/c17-16-18-9-11(20-16)10-19-12-5-1-3-7-14(12)21-15-8-4-2-6-13(15)19/h1-9H,10H2. The zero-order chi connectivity index (χ0) is 14.2. The minimum atomic E-state index is 0.595.